The highest BCUT2D eigenvalue weighted by Crippen LogP contribution is 2.42. The van der Waals surface area contributed by atoms with Crippen LogP contribution in [0.25, 0.3) is 0 Å². The second-order valence-electron chi connectivity index (χ2n) is 4.05. The molecule has 1 fully saturated rings. The molecule has 0 amide bonds. The molecular formula is C11H14N2O3. The number of methoxy groups -OCH3 is 1. The van der Waals surface area contributed by atoms with Crippen molar-refractivity contribution in [2.75, 3.05) is 7.11 Å². The third kappa shape index (κ3) is 1.99. The maximum absolute atomic E-state index is 10.7. The highest BCUT2D eigenvalue weighted by molar-refractivity contribution is 5.45. The summed E-state index contributed by atoms with van der Waals surface area (Å²) >= 11 is 0. The van der Waals surface area contributed by atoms with Crippen LogP contribution in [0.3, 0.4) is 0 Å². The molecule has 2 N–H and O–H groups in total. The van der Waals surface area contributed by atoms with E-state index in [2.05, 4.69) is 0 Å². The van der Waals surface area contributed by atoms with Crippen molar-refractivity contribution < 1.29 is 9.66 Å². The minimum Gasteiger partial charge on any atom is -0.496 e. The lowest BCUT2D eigenvalue weighted by molar-refractivity contribution is -0.385. The molecule has 0 aromatic heterocycles. The Hall–Kier alpha value is -1.62. The standard InChI is InChI=1S/C11H14N2O3/c1-16-10-5-4-8(13(14)15)6-9(10)11(12)7-2-3-7/h4-7,11H,2-3,12H2,1H3. The Labute approximate surface area is 93.4 Å². The number of non-ortho nitro benzene ring substituents is 1. The summed E-state index contributed by atoms with van der Waals surface area (Å²) in [5.41, 5.74) is 6.84. The summed E-state index contributed by atoms with van der Waals surface area (Å²) in [6, 6.07) is 4.40. The number of ether oxygens (including phenoxy) is 1. The van der Waals surface area contributed by atoms with Gasteiger partial charge in [-0.1, -0.05) is 0 Å². The fourth-order valence-electron chi connectivity index (χ4n) is 1.81. The predicted molar refractivity (Wildman–Crippen MR) is 59.3 cm³/mol. The van der Waals surface area contributed by atoms with E-state index in [0.29, 0.717) is 11.7 Å². The average Bonchev–Trinajstić information content (AvgIpc) is 3.11. The van der Waals surface area contributed by atoms with E-state index in [1.165, 1.54) is 12.1 Å². The SMILES string of the molecule is COc1ccc([N+](=O)[O-])cc1C(N)C1CC1. The summed E-state index contributed by atoms with van der Waals surface area (Å²) in [5.74, 6) is 1.07. The molecule has 5 heteroatoms. The molecular weight excluding hydrogens is 208 g/mol. The van der Waals surface area contributed by atoms with E-state index >= 15 is 0 Å². The van der Waals surface area contributed by atoms with Crippen molar-refractivity contribution in [2.45, 2.75) is 18.9 Å². The summed E-state index contributed by atoms with van der Waals surface area (Å²) < 4.78 is 5.18. The zero-order chi connectivity index (χ0) is 11.7. The van der Waals surface area contributed by atoms with Gasteiger partial charge in [-0.25, -0.2) is 0 Å². The van der Waals surface area contributed by atoms with Crippen molar-refractivity contribution in [2.24, 2.45) is 11.7 Å². The number of nitro groups is 1. The molecule has 1 unspecified atom stereocenters. The summed E-state index contributed by atoms with van der Waals surface area (Å²) in [6.07, 6.45) is 2.18. The molecule has 1 aliphatic carbocycles. The van der Waals surface area contributed by atoms with Crippen LogP contribution in [0.2, 0.25) is 0 Å². The smallest absolute Gasteiger partial charge is 0.270 e. The molecule has 0 aliphatic heterocycles. The van der Waals surface area contributed by atoms with E-state index in [4.69, 9.17) is 10.5 Å². The second-order valence-corrected chi connectivity index (χ2v) is 4.05. The number of nitrogens with two attached hydrogens (primary N) is 1. The first kappa shape index (κ1) is 10.9. The fourth-order valence-corrected chi connectivity index (χ4v) is 1.81. The quantitative estimate of drug-likeness (QED) is 0.624. The molecule has 1 aliphatic rings. The van der Waals surface area contributed by atoms with Crippen molar-refractivity contribution >= 4 is 5.69 Å². The first-order valence-corrected chi connectivity index (χ1v) is 5.21. The molecule has 2 rings (SSSR count). The maximum Gasteiger partial charge on any atom is 0.270 e. The Kier molecular flexibility index (Phi) is 2.78. The van der Waals surface area contributed by atoms with Crippen LogP contribution >= 0.6 is 0 Å². The molecule has 0 bridgehead atoms. The van der Waals surface area contributed by atoms with E-state index in [1.807, 2.05) is 0 Å². The van der Waals surface area contributed by atoms with Crippen molar-refractivity contribution in [1.29, 1.82) is 0 Å². The van der Waals surface area contributed by atoms with Gasteiger partial charge in [-0.2, -0.15) is 0 Å². The largest absolute Gasteiger partial charge is 0.496 e. The van der Waals surface area contributed by atoms with Crippen LogP contribution in [-0.2, 0) is 0 Å². The van der Waals surface area contributed by atoms with Gasteiger partial charge in [0.25, 0.3) is 5.69 Å². The Bertz CT molecular complexity index is 416. The number of hydrogen-bond acceptors (Lipinski definition) is 4. The van der Waals surface area contributed by atoms with E-state index in [9.17, 15) is 10.1 Å². The van der Waals surface area contributed by atoms with Gasteiger partial charge in [0.1, 0.15) is 5.75 Å². The summed E-state index contributed by atoms with van der Waals surface area (Å²) in [6.45, 7) is 0. The maximum atomic E-state index is 10.7. The first-order chi connectivity index (χ1) is 7.63. The molecule has 86 valence electrons. The lowest BCUT2D eigenvalue weighted by atomic mass is 10.0. The van der Waals surface area contributed by atoms with Gasteiger partial charge in [-0.3, -0.25) is 10.1 Å². The van der Waals surface area contributed by atoms with Gasteiger partial charge in [0.2, 0.25) is 0 Å². The van der Waals surface area contributed by atoms with Crippen LogP contribution in [0.15, 0.2) is 18.2 Å². The molecule has 0 spiro atoms. The van der Waals surface area contributed by atoms with Crippen LogP contribution < -0.4 is 10.5 Å². The third-order valence-corrected chi connectivity index (χ3v) is 2.91. The minimum absolute atomic E-state index is 0.0619. The Balaban J connectivity index is 2.37. The normalized spacial score (nSPS) is 16.9. The van der Waals surface area contributed by atoms with Gasteiger partial charge in [0, 0.05) is 23.7 Å². The van der Waals surface area contributed by atoms with Crippen LogP contribution in [-0.4, -0.2) is 12.0 Å². The highest BCUT2D eigenvalue weighted by Gasteiger charge is 2.32. The minimum atomic E-state index is -0.414. The number of rotatable bonds is 4. The van der Waals surface area contributed by atoms with E-state index < -0.39 is 4.92 Å². The van der Waals surface area contributed by atoms with Crippen molar-refractivity contribution in [3.05, 3.63) is 33.9 Å². The molecule has 1 atom stereocenters. The Morgan fingerprint density at radius 2 is 2.25 bits per heavy atom. The molecule has 0 heterocycles. The molecule has 1 aromatic rings. The van der Waals surface area contributed by atoms with Crippen LogP contribution in [0.1, 0.15) is 24.4 Å². The topological polar surface area (TPSA) is 78.4 Å². The molecule has 1 saturated carbocycles. The summed E-state index contributed by atoms with van der Waals surface area (Å²) in [4.78, 5) is 10.3. The van der Waals surface area contributed by atoms with Gasteiger partial charge in [0.15, 0.2) is 0 Å². The molecule has 0 saturated heterocycles. The lowest BCUT2D eigenvalue weighted by Gasteiger charge is -2.14. The average molecular weight is 222 g/mol. The zero-order valence-electron chi connectivity index (χ0n) is 9.05. The Morgan fingerprint density at radius 1 is 1.56 bits per heavy atom. The molecule has 5 nitrogen and oxygen atoms in total. The lowest BCUT2D eigenvalue weighted by Crippen LogP contribution is -2.13. The number of benzene rings is 1. The fraction of sp³-hybridized carbons (Fsp3) is 0.455. The second kappa shape index (κ2) is 4.09. The van der Waals surface area contributed by atoms with E-state index in [-0.39, 0.29) is 11.7 Å². The van der Waals surface area contributed by atoms with Gasteiger partial charge in [-0.05, 0) is 24.8 Å². The van der Waals surface area contributed by atoms with Crippen molar-refractivity contribution in [3.63, 3.8) is 0 Å². The molecule has 1 aromatic carbocycles. The van der Waals surface area contributed by atoms with Gasteiger partial charge < -0.3 is 10.5 Å². The molecule has 16 heavy (non-hydrogen) atoms. The molecule has 0 radical (unpaired) electrons. The monoisotopic (exact) mass is 222 g/mol. The summed E-state index contributed by atoms with van der Waals surface area (Å²) in [5, 5.41) is 10.7. The van der Waals surface area contributed by atoms with Gasteiger partial charge >= 0.3 is 0 Å². The van der Waals surface area contributed by atoms with Crippen molar-refractivity contribution in [3.8, 4) is 5.75 Å². The van der Waals surface area contributed by atoms with Crippen LogP contribution in [0.4, 0.5) is 5.69 Å². The zero-order valence-corrected chi connectivity index (χ0v) is 9.05. The predicted octanol–water partition coefficient (Wildman–Crippen LogP) is 2.01. The first-order valence-electron chi connectivity index (χ1n) is 5.21. The van der Waals surface area contributed by atoms with Gasteiger partial charge in [-0.15, -0.1) is 0 Å². The number of nitro benzene ring substituents is 1. The third-order valence-electron chi connectivity index (χ3n) is 2.91. The number of nitrogens with zero attached hydrogens (tertiary/aromatic N) is 1. The van der Waals surface area contributed by atoms with Crippen LogP contribution in [0, 0.1) is 16.0 Å². The summed E-state index contributed by atoms with van der Waals surface area (Å²) in [7, 11) is 1.55. The van der Waals surface area contributed by atoms with Crippen LogP contribution in [0.5, 0.6) is 5.75 Å². The van der Waals surface area contributed by atoms with E-state index in [0.717, 1.165) is 18.4 Å². The highest BCUT2D eigenvalue weighted by atomic mass is 16.6. The van der Waals surface area contributed by atoms with Crippen molar-refractivity contribution in [1.82, 2.24) is 0 Å². The number of hydrogen-bond donors (Lipinski definition) is 1. The van der Waals surface area contributed by atoms with E-state index in [1.54, 1.807) is 13.2 Å². The van der Waals surface area contributed by atoms with Gasteiger partial charge in [0.05, 0.1) is 12.0 Å². The Morgan fingerprint density at radius 3 is 2.75 bits per heavy atom.